The summed E-state index contributed by atoms with van der Waals surface area (Å²) in [6.45, 7) is 0. The molecule has 0 aliphatic rings. The van der Waals surface area contributed by atoms with Crippen molar-refractivity contribution in [3.8, 4) is 0 Å². The standard InChI is InChI=1S/C9H5ClF6/c10-7(9(15,16)8(13)14)4-1-2-5(11)6(12)3-4/h1-3,7-8H. The minimum Gasteiger partial charge on any atom is -0.204 e. The number of alkyl halides is 5. The summed E-state index contributed by atoms with van der Waals surface area (Å²) < 4.78 is 74.5. The fraction of sp³-hybridized carbons (Fsp3) is 0.333. The molecule has 0 spiro atoms. The summed E-state index contributed by atoms with van der Waals surface area (Å²) in [7, 11) is 0. The first-order chi connectivity index (χ1) is 7.26. The number of rotatable bonds is 3. The van der Waals surface area contributed by atoms with Gasteiger partial charge in [-0.15, -0.1) is 11.6 Å². The van der Waals surface area contributed by atoms with Gasteiger partial charge in [0.1, 0.15) is 5.38 Å². The summed E-state index contributed by atoms with van der Waals surface area (Å²) >= 11 is 5.10. The molecule has 0 heterocycles. The molecule has 16 heavy (non-hydrogen) atoms. The summed E-state index contributed by atoms with van der Waals surface area (Å²) in [5, 5.41) is -2.41. The molecule has 0 nitrogen and oxygen atoms in total. The molecule has 0 aliphatic heterocycles. The van der Waals surface area contributed by atoms with Crippen molar-refractivity contribution < 1.29 is 26.3 Å². The second-order valence-electron chi connectivity index (χ2n) is 3.01. The van der Waals surface area contributed by atoms with Crippen LogP contribution in [0.4, 0.5) is 26.3 Å². The van der Waals surface area contributed by atoms with Gasteiger partial charge in [-0.2, -0.15) is 8.78 Å². The lowest BCUT2D eigenvalue weighted by Crippen LogP contribution is -2.31. The highest BCUT2D eigenvalue weighted by atomic mass is 35.5. The van der Waals surface area contributed by atoms with Crippen molar-refractivity contribution >= 4 is 11.6 Å². The van der Waals surface area contributed by atoms with Crippen LogP contribution in [0.25, 0.3) is 0 Å². The molecule has 0 N–H and O–H groups in total. The van der Waals surface area contributed by atoms with E-state index in [0.29, 0.717) is 12.1 Å². The lowest BCUT2D eigenvalue weighted by Gasteiger charge is -2.21. The number of hydrogen-bond acceptors (Lipinski definition) is 0. The molecule has 0 saturated heterocycles. The molecule has 0 saturated carbocycles. The van der Waals surface area contributed by atoms with Crippen LogP contribution < -0.4 is 0 Å². The summed E-state index contributed by atoms with van der Waals surface area (Å²) in [6, 6.07) is 1.64. The highest BCUT2D eigenvalue weighted by molar-refractivity contribution is 6.21. The van der Waals surface area contributed by atoms with E-state index >= 15 is 0 Å². The molecule has 0 fully saturated rings. The summed E-state index contributed by atoms with van der Waals surface area (Å²) in [6.07, 6.45) is -3.98. The SMILES string of the molecule is Fc1ccc(C(Cl)C(F)(F)C(F)F)cc1F. The third-order valence-electron chi connectivity index (χ3n) is 1.87. The van der Waals surface area contributed by atoms with Crippen molar-refractivity contribution in [2.24, 2.45) is 0 Å². The average Bonchev–Trinajstić information content (AvgIpc) is 2.20. The van der Waals surface area contributed by atoms with Gasteiger partial charge in [0.2, 0.25) is 0 Å². The van der Waals surface area contributed by atoms with E-state index in [9.17, 15) is 26.3 Å². The molecule has 1 aromatic carbocycles. The van der Waals surface area contributed by atoms with Gasteiger partial charge in [0.15, 0.2) is 11.6 Å². The Labute approximate surface area is 91.8 Å². The minimum atomic E-state index is -4.51. The van der Waals surface area contributed by atoms with Crippen LogP contribution >= 0.6 is 11.6 Å². The molecule has 0 amide bonds. The zero-order valence-corrected chi connectivity index (χ0v) is 8.29. The number of benzene rings is 1. The van der Waals surface area contributed by atoms with Crippen LogP contribution in [0.15, 0.2) is 18.2 Å². The summed E-state index contributed by atoms with van der Waals surface area (Å²) in [5.74, 6) is -7.20. The lowest BCUT2D eigenvalue weighted by molar-refractivity contribution is -0.130. The van der Waals surface area contributed by atoms with Crippen molar-refractivity contribution in [3.63, 3.8) is 0 Å². The Hall–Kier alpha value is -0.910. The largest absolute Gasteiger partial charge is 0.327 e. The summed E-state index contributed by atoms with van der Waals surface area (Å²) in [4.78, 5) is 0. The van der Waals surface area contributed by atoms with Crippen molar-refractivity contribution in [1.29, 1.82) is 0 Å². The normalized spacial score (nSPS) is 14.2. The van der Waals surface area contributed by atoms with Gasteiger partial charge in [-0.3, -0.25) is 0 Å². The van der Waals surface area contributed by atoms with Gasteiger partial charge in [-0.05, 0) is 17.7 Å². The Balaban J connectivity index is 3.05. The van der Waals surface area contributed by atoms with E-state index in [2.05, 4.69) is 0 Å². The Morgan fingerprint density at radius 1 is 1.06 bits per heavy atom. The minimum absolute atomic E-state index is 0.364. The Bertz CT molecular complexity index is 378. The highest BCUT2D eigenvalue weighted by Gasteiger charge is 2.48. The molecule has 0 aromatic heterocycles. The van der Waals surface area contributed by atoms with Crippen molar-refractivity contribution in [2.75, 3.05) is 0 Å². The molecule has 0 aliphatic carbocycles. The van der Waals surface area contributed by atoms with Crippen LogP contribution in [0, 0.1) is 11.6 Å². The monoisotopic (exact) mass is 262 g/mol. The maximum absolute atomic E-state index is 12.8. The molecule has 0 bridgehead atoms. The third-order valence-corrected chi connectivity index (χ3v) is 2.41. The van der Waals surface area contributed by atoms with Crippen molar-refractivity contribution in [1.82, 2.24) is 0 Å². The topological polar surface area (TPSA) is 0 Å². The predicted molar refractivity (Wildman–Crippen MR) is 45.9 cm³/mol. The van der Waals surface area contributed by atoms with E-state index in [1.54, 1.807) is 0 Å². The first-order valence-electron chi connectivity index (χ1n) is 4.01. The molecule has 90 valence electrons. The Kier molecular flexibility index (Phi) is 3.72. The Morgan fingerprint density at radius 2 is 1.62 bits per heavy atom. The smallest absolute Gasteiger partial charge is 0.204 e. The summed E-state index contributed by atoms with van der Waals surface area (Å²) in [5.41, 5.74) is -0.606. The molecule has 1 unspecified atom stereocenters. The van der Waals surface area contributed by atoms with Gasteiger partial charge in [-0.25, -0.2) is 17.6 Å². The van der Waals surface area contributed by atoms with E-state index in [4.69, 9.17) is 11.6 Å². The van der Waals surface area contributed by atoms with Gasteiger partial charge in [0, 0.05) is 0 Å². The van der Waals surface area contributed by atoms with Gasteiger partial charge in [-0.1, -0.05) is 6.07 Å². The van der Waals surface area contributed by atoms with E-state index in [1.165, 1.54) is 0 Å². The zero-order valence-electron chi connectivity index (χ0n) is 7.53. The third kappa shape index (κ3) is 2.42. The molecule has 1 rings (SSSR count). The predicted octanol–water partition coefficient (Wildman–Crippen LogP) is 4.15. The second-order valence-corrected chi connectivity index (χ2v) is 3.45. The molecular weight excluding hydrogens is 258 g/mol. The number of halogens is 7. The molecular formula is C9H5ClF6. The van der Waals surface area contributed by atoms with Crippen LogP contribution in [0.5, 0.6) is 0 Å². The fourth-order valence-electron chi connectivity index (χ4n) is 1.00. The molecule has 1 atom stereocenters. The number of hydrogen-bond donors (Lipinski definition) is 0. The molecule has 7 heteroatoms. The van der Waals surface area contributed by atoms with Crippen LogP contribution in [-0.2, 0) is 0 Å². The van der Waals surface area contributed by atoms with Crippen LogP contribution in [0.2, 0.25) is 0 Å². The van der Waals surface area contributed by atoms with E-state index in [0.717, 1.165) is 6.07 Å². The molecule has 0 radical (unpaired) electrons. The van der Waals surface area contributed by atoms with Gasteiger partial charge in [0.25, 0.3) is 0 Å². The first-order valence-corrected chi connectivity index (χ1v) is 4.45. The van der Waals surface area contributed by atoms with E-state index in [-0.39, 0.29) is 0 Å². The van der Waals surface area contributed by atoms with E-state index < -0.39 is 34.9 Å². The maximum Gasteiger partial charge on any atom is 0.327 e. The first kappa shape index (κ1) is 13.2. The van der Waals surface area contributed by atoms with Gasteiger partial charge < -0.3 is 0 Å². The van der Waals surface area contributed by atoms with Gasteiger partial charge >= 0.3 is 12.3 Å². The maximum atomic E-state index is 12.8. The highest BCUT2D eigenvalue weighted by Crippen LogP contribution is 2.41. The van der Waals surface area contributed by atoms with E-state index in [1.807, 2.05) is 0 Å². The van der Waals surface area contributed by atoms with Crippen molar-refractivity contribution in [3.05, 3.63) is 35.4 Å². The quantitative estimate of drug-likeness (QED) is 0.567. The lowest BCUT2D eigenvalue weighted by atomic mass is 10.1. The van der Waals surface area contributed by atoms with Gasteiger partial charge in [0.05, 0.1) is 0 Å². The fourth-order valence-corrected chi connectivity index (χ4v) is 1.23. The zero-order chi connectivity index (χ0) is 12.5. The van der Waals surface area contributed by atoms with Crippen LogP contribution in [-0.4, -0.2) is 12.3 Å². The van der Waals surface area contributed by atoms with Crippen LogP contribution in [0.3, 0.4) is 0 Å². The average molecular weight is 263 g/mol. The van der Waals surface area contributed by atoms with Crippen LogP contribution in [0.1, 0.15) is 10.9 Å². The molecule has 1 aromatic rings. The Morgan fingerprint density at radius 3 is 2.06 bits per heavy atom. The van der Waals surface area contributed by atoms with Crippen molar-refractivity contribution in [2.45, 2.75) is 17.7 Å². The second kappa shape index (κ2) is 4.53.